The number of thioether (sulfide) groups is 1. The molecule has 1 saturated carbocycles. The van der Waals surface area contributed by atoms with E-state index in [4.69, 9.17) is 4.99 Å². The number of hydrogen-bond donors (Lipinski definition) is 1. The van der Waals surface area contributed by atoms with Gasteiger partial charge in [0, 0.05) is 36.3 Å². The van der Waals surface area contributed by atoms with Gasteiger partial charge in [-0.25, -0.2) is 0 Å². The van der Waals surface area contributed by atoms with Crippen molar-refractivity contribution in [2.75, 3.05) is 31.9 Å². The van der Waals surface area contributed by atoms with Crippen LogP contribution in [-0.4, -0.2) is 57.3 Å². The first kappa shape index (κ1) is 20.9. The van der Waals surface area contributed by atoms with Crippen molar-refractivity contribution < 1.29 is 0 Å². The van der Waals surface area contributed by atoms with E-state index in [1.807, 2.05) is 10.9 Å². The quantitative estimate of drug-likeness (QED) is 0.410. The van der Waals surface area contributed by atoms with E-state index in [1.54, 1.807) is 0 Å². The zero-order valence-corrected chi connectivity index (χ0v) is 18.7. The van der Waals surface area contributed by atoms with Gasteiger partial charge in [-0.2, -0.15) is 16.9 Å². The lowest BCUT2D eigenvalue weighted by Crippen LogP contribution is -2.53. The number of aryl methyl sites for hydroxylation is 1. The van der Waals surface area contributed by atoms with E-state index in [2.05, 4.69) is 47.1 Å². The highest BCUT2D eigenvalue weighted by Gasteiger charge is 2.38. The fraction of sp³-hybridized carbons (Fsp3) is 0.778. The third-order valence-electron chi connectivity index (χ3n) is 5.00. The van der Waals surface area contributed by atoms with Crippen molar-refractivity contribution in [1.29, 1.82) is 0 Å². The SMILES string of the molecule is CCNC(=NCCn1cc(C)cn1)N1CCSC2(CCCCC2)C1.I. The highest BCUT2D eigenvalue weighted by Crippen LogP contribution is 2.42. The van der Waals surface area contributed by atoms with Crippen LogP contribution in [0.5, 0.6) is 0 Å². The van der Waals surface area contributed by atoms with Gasteiger partial charge < -0.3 is 10.2 Å². The first-order chi connectivity index (χ1) is 11.7. The average molecular weight is 477 g/mol. The van der Waals surface area contributed by atoms with Gasteiger partial charge in [-0.15, -0.1) is 24.0 Å². The Labute approximate surface area is 173 Å². The van der Waals surface area contributed by atoms with Crippen LogP contribution in [0.25, 0.3) is 0 Å². The minimum Gasteiger partial charge on any atom is -0.357 e. The Hall–Kier alpha value is -0.440. The van der Waals surface area contributed by atoms with Crippen LogP contribution in [-0.2, 0) is 6.54 Å². The van der Waals surface area contributed by atoms with Crippen molar-refractivity contribution in [3.63, 3.8) is 0 Å². The van der Waals surface area contributed by atoms with E-state index in [0.717, 1.165) is 38.7 Å². The van der Waals surface area contributed by atoms with Crippen LogP contribution in [0.4, 0.5) is 0 Å². The van der Waals surface area contributed by atoms with Crippen LogP contribution in [0, 0.1) is 6.92 Å². The maximum atomic E-state index is 4.88. The van der Waals surface area contributed by atoms with Gasteiger partial charge in [0.25, 0.3) is 0 Å². The van der Waals surface area contributed by atoms with Crippen molar-refractivity contribution in [2.45, 2.75) is 57.2 Å². The molecule has 142 valence electrons. The van der Waals surface area contributed by atoms with Gasteiger partial charge in [-0.3, -0.25) is 9.67 Å². The molecule has 0 atom stereocenters. The molecule has 0 aromatic carbocycles. The second-order valence-electron chi connectivity index (χ2n) is 7.03. The Balaban J connectivity index is 0.00000225. The monoisotopic (exact) mass is 477 g/mol. The molecule has 1 aromatic heterocycles. The Morgan fingerprint density at radius 3 is 2.84 bits per heavy atom. The molecule has 25 heavy (non-hydrogen) atoms. The summed E-state index contributed by atoms with van der Waals surface area (Å²) in [6, 6.07) is 0. The highest BCUT2D eigenvalue weighted by molar-refractivity contribution is 14.0. The molecule has 3 rings (SSSR count). The number of guanidine groups is 1. The van der Waals surface area contributed by atoms with Crippen LogP contribution < -0.4 is 5.32 Å². The largest absolute Gasteiger partial charge is 0.357 e. The maximum absolute atomic E-state index is 4.88. The second-order valence-corrected chi connectivity index (χ2v) is 8.59. The third kappa shape index (κ3) is 5.77. The van der Waals surface area contributed by atoms with Crippen LogP contribution in [0.1, 0.15) is 44.6 Å². The Morgan fingerprint density at radius 1 is 1.36 bits per heavy atom. The molecule has 2 aliphatic rings. The van der Waals surface area contributed by atoms with E-state index < -0.39 is 0 Å². The molecular formula is C18H32IN5S. The average Bonchev–Trinajstić information content (AvgIpc) is 3.00. The number of hydrogen-bond acceptors (Lipinski definition) is 3. The normalized spacial score (nSPS) is 20.4. The number of rotatable bonds is 4. The minimum absolute atomic E-state index is 0. The molecular weight excluding hydrogens is 445 g/mol. The predicted molar refractivity (Wildman–Crippen MR) is 118 cm³/mol. The van der Waals surface area contributed by atoms with Crippen LogP contribution in [0.2, 0.25) is 0 Å². The predicted octanol–water partition coefficient (Wildman–Crippen LogP) is 3.53. The fourth-order valence-corrected chi connectivity index (χ4v) is 5.37. The van der Waals surface area contributed by atoms with E-state index in [-0.39, 0.29) is 24.0 Å². The van der Waals surface area contributed by atoms with Gasteiger partial charge in [0.2, 0.25) is 0 Å². The Kier molecular flexibility index (Phi) is 8.38. The van der Waals surface area contributed by atoms with E-state index in [1.165, 1.54) is 43.4 Å². The molecule has 2 fully saturated rings. The van der Waals surface area contributed by atoms with Gasteiger partial charge >= 0.3 is 0 Å². The summed E-state index contributed by atoms with van der Waals surface area (Å²) in [5.74, 6) is 2.31. The summed E-state index contributed by atoms with van der Waals surface area (Å²) in [5.41, 5.74) is 1.21. The number of nitrogens with one attached hydrogen (secondary N) is 1. The molecule has 0 amide bonds. The third-order valence-corrected chi connectivity index (χ3v) is 6.54. The first-order valence-corrected chi connectivity index (χ1v) is 10.4. The fourth-order valence-electron chi connectivity index (χ4n) is 3.80. The number of aromatic nitrogens is 2. The topological polar surface area (TPSA) is 45.5 Å². The molecule has 1 aromatic rings. The van der Waals surface area contributed by atoms with Crippen LogP contribution >= 0.6 is 35.7 Å². The molecule has 0 unspecified atom stereocenters. The van der Waals surface area contributed by atoms with E-state index in [0.29, 0.717) is 4.75 Å². The van der Waals surface area contributed by atoms with Gasteiger partial charge in [0.05, 0.1) is 19.3 Å². The molecule has 1 spiro atoms. The van der Waals surface area contributed by atoms with Crippen LogP contribution in [0.15, 0.2) is 17.4 Å². The summed E-state index contributed by atoms with van der Waals surface area (Å²) in [6.07, 6.45) is 10.9. The summed E-state index contributed by atoms with van der Waals surface area (Å²) in [6.45, 7) is 9.05. The summed E-state index contributed by atoms with van der Waals surface area (Å²) < 4.78 is 2.46. The molecule has 1 N–H and O–H groups in total. The lowest BCUT2D eigenvalue weighted by Gasteiger charge is -2.45. The lowest BCUT2D eigenvalue weighted by molar-refractivity contribution is 0.293. The molecule has 2 heterocycles. The first-order valence-electron chi connectivity index (χ1n) is 9.37. The standard InChI is InChI=1S/C18H31N5S.HI/c1-3-19-17(20-9-10-23-14-16(2)13-21-23)22-11-12-24-18(15-22)7-5-4-6-8-18;/h13-14H,3-12,15H2,1-2H3,(H,19,20);1H. The summed E-state index contributed by atoms with van der Waals surface area (Å²) in [4.78, 5) is 7.38. The number of aliphatic imine (C=N–C) groups is 1. The van der Waals surface area contributed by atoms with Crippen molar-refractivity contribution >= 4 is 41.7 Å². The van der Waals surface area contributed by atoms with Crippen molar-refractivity contribution in [3.05, 3.63) is 18.0 Å². The number of nitrogens with zero attached hydrogens (tertiary/aromatic N) is 4. The summed E-state index contributed by atoms with van der Waals surface area (Å²) >= 11 is 2.21. The lowest BCUT2D eigenvalue weighted by atomic mass is 9.87. The summed E-state index contributed by atoms with van der Waals surface area (Å²) in [7, 11) is 0. The number of halogens is 1. The maximum Gasteiger partial charge on any atom is 0.194 e. The molecule has 1 saturated heterocycles. The van der Waals surface area contributed by atoms with Crippen LogP contribution in [0.3, 0.4) is 0 Å². The highest BCUT2D eigenvalue weighted by atomic mass is 127. The Morgan fingerprint density at radius 2 is 2.16 bits per heavy atom. The second kappa shape index (κ2) is 10.0. The van der Waals surface area contributed by atoms with Crippen molar-refractivity contribution in [2.24, 2.45) is 4.99 Å². The molecule has 0 radical (unpaired) electrons. The van der Waals surface area contributed by atoms with Gasteiger partial charge in [0.15, 0.2) is 5.96 Å². The van der Waals surface area contributed by atoms with Crippen molar-refractivity contribution in [3.8, 4) is 0 Å². The van der Waals surface area contributed by atoms with Gasteiger partial charge in [-0.1, -0.05) is 19.3 Å². The van der Waals surface area contributed by atoms with Crippen molar-refractivity contribution in [1.82, 2.24) is 20.0 Å². The molecule has 1 aliphatic heterocycles. The molecule has 5 nitrogen and oxygen atoms in total. The van der Waals surface area contributed by atoms with Gasteiger partial charge in [-0.05, 0) is 32.3 Å². The zero-order chi connectivity index (χ0) is 16.8. The van der Waals surface area contributed by atoms with E-state index >= 15 is 0 Å². The summed E-state index contributed by atoms with van der Waals surface area (Å²) in [5, 5.41) is 7.85. The molecule has 0 bridgehead atoms. The molecule has 7 heteroatoms. The molecule has 1 aliphatic carbocycles. The Bertz CT molecular complexity index is 548. The van der Waals surface area contributed by atoms with Gasteiger partial charge in [0.1, 0.15) is 0 Å². The smallest absolute Gasteiger partial charge is 0.194 e. The zero-order valence-electron chi connectivity index (χ0n) is 15.5. The van der Waals surface area contributed by atoms with E-state index in [9.17, 15) is 0 Å². The minimum atomic E-state index is 0.